The fourth-order valence-corrected chi connectivity index (χ4v) is 2.11. The molecule has 2 heterocycles. The number of aryl methyl sites for hydroxylation is 2. The van der Waals surface area contributed by atoms with Gasteiger partial charge in [-0.1, -0.05) is 6.92 Å². The quantitative estimate of drug-likeness (QED) is 0.737. The van der Waals surface area contributed by atoms with Crippen LogP contribution in [-0.4, -0.2) is 15.7 Å². The molecule has 14 heavy (non-hydrogen) atoms. The molecule has 1 aromatic heterocycles. The van der Waals surface area contributed by atoms with Crippen LogP contribution in [0.5, 0.6) is 0 Å². The van der Waals surface area contributed by atoms with Gasteiger partial charge < -0.3 is 5.32 Å². The topological polar surface area (TPSA) is 46.9 Å². The summed E-state index contributed by atoms with van der Waals surface area (Å²) in [7, 11) is 0. The highest BCUT2D eigenvalue weighted by Gasteiger charge is 2.27. The Balaban J connectivity index is 2.54. The van der Waals surface area contributed by atoms with Crippen LogP contribution in [0.15, 0.2) is 0 Å². The number of hydrogen-bond acceptors (Lipinski definition) is 2. The predicted octanol–water partition coefficient (Wildman–Crippen LogP) is 1.66. The van der Waals surface area contributed by atoms with Crippen LogP contribution in [-0.2, 0) is 11.3 Å². The van der Waals surface area contributed by atoms with E-state index in [-0.39, 0.29) is 5.91 Å². The molecule has 76 valence electrons. The number of hydrogen-bond donors (Lipinski definition) is 1. The molecular formula is C10H15N3O. The molecule has 1 amide bonds. The number of nitrogens with zero attached hydrogens (tertiary/aromatic N) is 2. The lowest BCUT2D eigenvalue weighted by atomic mass is 9.94. The molecule has 4 heteroatoms. The maximum absolute atomic E-state index is 11.4. The second-order valence-corrected chi connectivity index (χ2v) is 3.82. The summed E-state index contributed by atoms with van der Waals surface area (Å²) in [5, 5.41) is 7.29. The smallest absolute Gasteiger partial charge is 0.226 e. The number of aromatic nitrogens is 2. The minimum atomic E-state index is 0.0969. The van der Waals surface area contributed by atoms with Gasteiger partial charge in [-0.15, -0.1) is 0 Å². The maximum atomic E-state index is 11.4. The van der Waals surface area contributed by atoms with Crippen molar-refractivity contribution in [3.05, 3.63) is 11.3 Å². The van der Waals surface area contributed by atoms with Crippen molar-refractivity contribution >= 4 is 11.7 Å². The summed E-state index contributed by atoms with van der Waals surface area (Å²) in [4.78, 5) is 11.4. The second-order valence-electron chi connectivity index (χ2n) is 3.82. The van der Waals surface area contributed by atoms with Gasteiger partial charge in [-0.05, 0) is 19.8 Å². The highest BCUT2D eigenvalue weighted by Crippen LogP contribution is 2.33. The minimum Gasteiger partial charge on any atom is -0.311 e. The summed E-state index contributed by atoms with van der Waals surface area (Å²) < 4.78 is 1.86. The number of amides is 1. The van der Waals surface area contributed by atoms with E-state index in [1.54, 1.807) is 0 Å². The van der Waals surface area contributed by atoms with Crippen molar-refractivity contribution in [1.82, 2.24) is 9.78 Å². The van der Waals surface area contributed by atoms with Crippen molar-refractivity contribution in [2.75, 3.05) is 5.32 Å². The van der Waals surface area contributed by atoms with E-state index in [1.165, 1.54) is 5.56 Å². The third kappa shape index (κ3) is 1.22. The normalized spacial score (nSPS) is 20.5. The van der Waals surface area contributed by atoms with Crippen LogP contribution in [0.4, 0.5) is 5.82 Å². The molecule has 1 aliphatic heterocycles. The van der Waals surface area contributed by atoms with E-state index in [4.69, 9.17) is 0 Å². The Morgan fingerprint density at radius 3 is 3.00 bits per heavy atom. The van der Waals surface area contributed by atoms with Crippen LogP contribution in [0, 0.1) is 6.92 Å². The highest BCUT2D eigenvalue weighted by molar-refractivity contribution is 5.93. The molecule has 0 saturated heterocycles. The monoisotopic (exact) mass is 193 g/mol. The average molecular weight is 193 g/mol. The third-order valence-electron chi connectivity index (χ3n) is 2.72. The molecule has 1 aromatic rings. The van der Waals surface area contributed by atoms with Gasteiger partial charge in [0.1, 0.15) is 5.82 Å². The molecule has 0 spiro atoms. The van der Waals surface area contributed by atoms with E-state index in [0.717, 1.165) is 18.1 Å². The Labute approximate surface area is 83.3 Å². The summed E-state index contributed by atoms with van der Waals surface area (Å²) in [5.41, 5.74) is 2.24. The third-order valence-corrected chi connectivity index (χ3v) is 2.72. The number of carbonyl (C=O) groups excluding carboxylic acids is 1. The number of anilines is 1. The molecule has 0 saturated carbocycles. The fraction of sp³-hybridized carbons (Fsp3) is 0.600. The SMILES string of the molecule is CCn1nc(C)c2c1NC(=O)CC2C. The van der Waals surface area contributed by atoms with Gasteiger partial charge in [-0.2, -0.15) is 5.10 Å². The lowest BCUT2D eigenvalue weighted by Gasteiger charge is -2.20. The first kappa shape index (κ1) is 9.24. The standard InChI is InChI=1S/C10H15N3O/c1-4-13-10-9(7(3)12-13)6(2)5-8(14)11-10/h6H,4-5H2,1-3H3,(H,11,14). The van der Waals surface area contributed by atoms with Crippen molar-refractivity contribution in [2.45, 2.75) is 39.7 Å². The Kier molecular flexibility index (Phi) is 2.06. The zero-order chi connectivity index (χ0) is 10.3. The Morgan fingerprint density at radius 1 is 1.64 bits per heavy atom. The Hall–Kier alpha value is -1.32. The first-order valence-electron chi connectivity index (χ1n) is 5.00. The summed E-state index contributed by atoms with van der Waals surface area (Å²) in [6, 6.07) is 0. The van der Waals surface area contributed by atoms with Gasteiger partial charge in [0.25, 0.3) is 0 Å². The van der Waals surface area contributed by atoms with E-state index in [9.17, 15) is 4.79 Å². The van der Waals surface area contributed by atoms with E-state index >= 15 is 0 Å². The van der Waals surface area contributed by atoms with Crippen molar-refractivity contribution in [1.29, 1.82) is 0 Å². The van der Waals surface area contributed by atoms with Crippen LogP contribution in [0.3, 0.4) is 0 Å². The average Bonchev–Trinajstić information content (AvgIpc) is 2.42. The molecule has 1 N–H and O–H groups in total. The lowest BCUT2D eigenvalue weighted by Crippen LogP contribution is -2.23. The van der Waals surface area contributed by atoms with E-state index in [2.05, 4.69) is 17.3 Å². The van der Waals surface area contributed by atoms with Gasteiger partial charge in [-0.3, -0.25) is 4.79 Å². The molecule has 0 radical (unpaired) electrons. The molecule has 0 aliphatic carbocycles. The second kappa shape index (κ2) is 3.12. The molecule has 1 atom stereocenters. The number of fused-ring (bicyclic) bond motifs is 1. The van der Waals surface area contributed by atoms with Gasteiger partial charge in [0.2, 0.25) is 5.91 Å². The van der Waals surface area contributed by atoms with Crippen LogP contribution in [0.1, 0.15) is 37.4 Å². The van der Waals surface area contributed by atoms with Gasteiger partial charge in [0.15, 0.2) is 0 Å². The van der Waals surface area contributed by atoms with Crippen molar-refractivity contribution < 1.29 is 4.79 Å². The molecule has 0 fully saturated rings. The number of nitrogens with one attached hydrogen (secondary N) is 1. The largest absolute Gasteiger partial charge is 0.311 e. The summed E-state index contributed by atoms with van der Waals surface area (Å²) in [5.74, 6) is 1.28. The first-order chi connectivity index (χ1) is 6.63. The summed E-state index contributed by atoms with van der Waals surface area (Å²) in [6.07, 6.45) is 0.573. The molecular weight excluding hydrogens is 178 g/mol. The predicted molar refractivity (Wildman–Crippen MR) is 54.3 cm³/mol. The zero-order valence-electron chi connectivity index (χ0n) is 8.79. The van der Waals surface area contributed by atoms with E-state index < -0.39 is 0 Å². The van der Waals surface area contributed by atoms with E-state index in [1.807, 2.05) is 18.5 Å². The van der Waals surface area contributed by atoms with Crippen LogP contribution in [0.2, 0.25) is 0 Å². The van der Waals surface area contributed by atoms with Gasteiger partial charge in [0.05, 0.1) is 5.69 Å². The number of rotatable bonds is 1. The minimum absolute atomic E-state index is 0.0969. The molecule has 1 unspecified atom stereocenters. The first-order valence-corrected chi connectivity index (χ1v) is 5.00. The van der Waals surface area contributed by atoms with Crippen LogP contribution >= 0.6 is 0 Å². The van der Waals surface area contributed by atoms with Gasteiger partial charge >= 0.3 is 0 Å². The van der Waals surface area contributed by atoms with Crippen LogP contribution < -0.4 is 5.32 Å². The molecule has 0 aromatic carbocycles. The Bertz CT molecular complexity index is 381. The van der Waals surface area contributed by atoms with Crippen LogP contribution in [0.25, 0.3) is 0 Å². The van der Waals surface area contributed by atoms with Crippen molar-refractivity contribution in [3.63, 3.8) is 0 Å². The molecule has 4 nitrogen and oxygen atoms in total. The maximum Gasteiger partial charge on any atom is 0.226 e. The highest BCUT2D eigenvalue weighted by atomic mass is 16.1. The summed E-state index contributed by atoms with van der Waals surface area (Å²) >= 11 is 0. The van der Waals surface area contributed by atoms with Crippen molar-refractivity contribution in [2.24, 2.45) is 0 Å². The van der Waals surface area contributed by atoms with Crippen molar-refractivity contribution in [3.8, 4) is 0 Å². The fourth-order valence-electron chi connectivity index (χ4n) is 2.11. The Morgan fingerprint density at radius 2 is 2.36 bits per heavy atom. The van der Waals surface area contributed by atoms with Gasteiger partial charge in [-0.25, -0.2) is 4.68 Å². The molecule has 0 bridgehead atoms. The lowest BCUT2D eigenvalue weighted by molar-refractivity contribution is -0.116. The van der Waals surface area contributed by atoms with Gasteiger partial charge in [0, 0.05) is 18.5 Å². The molecule has 2 rings (SSSR count). The number of carbonyl (C=O) groups is 1. The molecule has 1 aliphatic rings. The zero-order valence-corrected chi connectivity index (χ0v) is 8.79. The van der Waals surface area contributed by atoms with E-state index in [0.29, 0.717) is 12.3 Å². The summed E-state index contributed by atoms with van der Waals surface area (Å²) in [6.45, 7) is 6.90.